The van der Waals surface area contributed by atoms with Crippen LogP contribution in [0.3, 0.4) is 0 Å². The fourth-order valence-electron chi connectivity index (χ4n) is 5.61. The lowest BCUT2D eigenvalue weighted by molar-refractivity contribution is 0.235. The molecule has 0 saturated carbocycles. The van der Waals surface area contributed by atoms with Crippen molar-refractivity contribution in [2.75, 3.05) is 54.3 Å². The van der Waals surface area contributed by atoms with Crippen LogP contribution < -0.4 is 14.9 Å². The van der Waals surface area contributed by atoms with Crippen LogP contribution in [0.4, 0.5) is 45.0 Å². The first-order chi connectivity index (χ1) is 23.9. The second kappa shape index (κ2) is 14.7. The fourth-order valence-corrected chi connectivity index (χ4v) is 8.04. The highest BCUT2D eigenvalue weighted by atomic mass is 32.2. The molecule has 3 aromatic carbocycles. The van der Waals surface area contributed by atoms with Gasteiger partial charge >= 0.3 is 0 Å². The Labute approximate surface area is 291 Å². The Morgan fingerprint density at radius 2 is 1.66 bits per heavy atom. The third kappa shape index (κ3) is 7.44. The number of nitrogens with one attached hydrogen (secondary N) is 2. The Kier molecular flexibility index (Phi) is 10.4. The Balaban J connectivity index is 1.28. The summed E-state index contributed by atoms with van der Waals surface area (Å²) in [6, 6.07) is 13.7. The van der Waals surface area contributed by atoms with Gasteiger partial charge in [0.1, 0.15) is 29.0 Å². The molecule has 0 spiro atoms. The van der Waals surface area contributed by atoms with Crippen molar-refractivity contribution < 1.29 is 26.2 Å². The average Bonchev–Trinajstić information content (AvgIpc) is 3.52. The molecule has 1 aliphatic heterocycles. The molecule has 0 bridgehead atoms. The predicted molar refractivity (Wildman–Crippen MR) is 190 cm³/mol. The number of rotatable bonds is 11. The third-order valence-corrected chi connectivity index (χ3v) is 11.1. The minimum absolute atomic E-state index is 0.0212. The van der Waals surface area contributed by atoms with E-state index < -0.39 is 44.5 Å². The maximum absolute atomic E-state index is 16.2. The lowest BCUT2D eigenvalue weighted by Gasteiger charge is -2.35. The normalized spacial score (nSPS) is 14.9. The number of hydrogen-bond acceptors (Lipinski definition) is 8. The van der Waals surface area contributed by atoms with Crippen molar-refractivity contribution in [3.8, 4) is 21.8 Å². The van der Waals surface area contributed by atoms with E-state index in [0.29, 0.717) is 59.7 Å². The molecule has 1 atom stereocenters. The maximum Gasteiger partial charge on any atom is 0.227 e. The minimum atomic E-state index is -3.85. The van der Waals surface area contributed by atoms with Crippen LogP contribution in [0.25, 0.3) is 21.8 Å². The van der Waals surface area contributed by atoms with Crippen molar-refractivity contribution >= 4 is 49.9 Å². The Hall–Kier alpha value is -4.60. The van der Waals surface area contributed by atoms with Gasteiger partial charge in [-0.2, -0.15) is 0 Å². The quantitative estimate of drug-likeness (QED) is 0.106. The topological polar surface area (TPSA) is 86.3 Å². The molecule has 0 aliphatic carbocycles. The molecule has 6 rings (SSSR count). The number of aromatic nitrogens is 3. The van der Waals surface area contributed by atoms with E-state index in [1.807, 2.05) is 23.6 Å². The molecular formula is C35H34F5N7OS2. The van der Waals surface area contributed by atoms with Gasteiger partial charge in [0, 0.05) is 56.1 Å². The van der Waals surface area contributed by atoms with Crippen LogP contribution in [0.15, 0.2) is 71.8 Å². The fraction of sp³-hybridized carbons (Fsp3) is 0.257. The van der Waals surface area contributed by atoms with Crippen molar-refractivity contribution in [3.05, 3.63) is 95.1 Å². The molecule has 8 nitrogen and oxygen atoms in total. The lowest BCUT2D eigenvalue weighted by atomic mass is 10.1. The number of hydrogen-bond donors (Lipinski definition) is 2. The zero-order valence-electron chi connectivity index (χ0n) is 27.2. The number of piperazine rings is 1. The van der Waals surface area contributed by atoms with Crippen LogP contribution in [-0.2, 0) is 9.71 Å². The van der Waals surface area contributed by atoms with Crippen LogP contribution in [0, 0.1) is 23.3 Å². The van der Waals surface area contributed by atoms with E-state index in [2.05, 4.69) is 25.9 Å². The van der Waals surface area contributed by atoms with Crippen molar-refractivity contribution in [1.82, 2.24) is 19.9 Å². The third-order valence-electron chi connectivity index (χ3n) is 8.12. The van der Waals surface area contributed by atoms with Crippen molar-refractivity contribution in [2.45, 2.75) is 24.7 Å². The summed E-state index contributed by atoms with van der Waals surface area (Å²) >= 11 is 1.31. The van der Waals surface area contributed by atoms with Crippen LogP contribution in [0.2, 0.25) is 0 Å². The molecule has 262 valence electrons. The highest BCUT2D eigenvalue weighted by molar-refractivity contribution is 8.01. The molecule has 0 amide bonds. The van der Waals surface area contributed by atoms with Gasteiger partial charge in [-0.05, 0) is 54.4 Å². The summed E-state index contributed by atoms with van der Waals surface area (Å²) in [7, 11) is -3.85. The number of thiazole rings is 1. The van der Waals surface area contributed by atoms with Gasteiger partial charge < -0.3 is 14.9 Å². The molecule has 1 unspecified atom stereocenters. The molecule has 3 heterocycles. The molecule has 2 N–H and O–H groups in total. The number of anilines is 4. The number of nitrogens with zero attached hydrogens (tertiary/aromatic N) is 5. The monoisotopic (exact) mass is 727 g/mol. The maximum atomic E-state index is 16.2. The van der Waals surface area contributed by atoms with Crippen LogP contribution in [-0.4, -0.2) is 69.3 Å². The van der Waals surface area contributed by atoms with Gasteiger partial charge in [-0.1, -0.05) is 26.0 Å². The zero-order valence-corrected chi connectivity index (χ0v) is 28.9. The summed E-state index contributed by atoms with van der Waals surface area (Å²) in [6.45, 7) is 6.31. The first-order valence-electron chi connectivity index (χ1n) is 15.8. The second-order valence-electron chi connectivity index (χ2n) is 12.0. The van der Waals surface area contributed by atoms with Gasteiger partial charge in [0.05, 0.1) is 42.4 Å². The second-order valence-corrected chi connectivity index (χ2v) is 14.9. The van der Waals surface area contributed by atoms with Gasteiger partial charge in [-0.15, -0.1) is 11.3 Å². The highest BCUT2D eigenvalue weighted by Crippen LogP contribution is 2.41. The summed E-state index contributed by atoms with van der Waals surface area (Å²) in [5, 5.41) is 3.73. The summed E-state index contributed by atoms with van der Waals surface area (Å²) in [4.78, 5) is 17.3. The Morgan fingerprint density at radius 3 is 2.34 bits per heavy atom. The predicted octanol–water partition coefficient (Wildman–Crippen LogP) is 7.88. The van der Waals surface area contributed by atoms with E-state index in [-0.39, 0.29) is 28.8 Å². The molecule has 50 heavy (non-hydrogen) atoms. The van der Waals surface area contributed by atoms with Gasteiger partial charge in [0.2, 0.25) is 5.95 Å². The summed E-state index contributed by atoms with van der Waals surface area (Å²) in [5.41, 5.74) is 1.28. The van der Waals surface area contributed by atoms with Crippen LogP contribution in [0.5, 0.6) is 0 Å². The van der Waals surface area contributed by atoms with E-state index in [9.17, 15) is 17.4 Å². The number of halogens is 5. The molecular weight excluding hydrogens is 694 g/mol. The highest BCUT2D eigenvalue weighted by Gasteiger charge is 2.25. The van der Waals surface area contributed by atoms with Gasteiger partial charge in [-0.3, -0.25) is 4.90 Å². The summed E-state index contributed by atoms with van der Waals surface area (Å²) in [6.07, 6.45) is 1.51. The van der Waals surface area contributed by atoms with Crippen molar-refractivity contribution in [2.24, 2.45) is 0 Å². The number of benzene rings is 3. The molecule has 1 saturated heterocycles. The largest absolute Gasteiger partial charge is 0.367 e. The minimum Gasteiger partial charge on any atom is -0.367 e. The van der Waals surface area contributed by atoms with Gasteiger partial charge in [0.25, 0.3) is 0 Å². The molecule has 15 heteroatoms. The summed E-state index contributed by atoms with van der Waals surface area (Å²) in [5.74, 6) is 0.189. The number of alkyl halides is 1. The molecule has 1 aliphatic rings. The summed E-state index contributed by atoms with van der Waals surface area (Å²) < 4.78 is 88.9. The smallest absolute Gasteiger partial charge is 0.227 e. The van der Waals surface area contributed by atoms with E-state index in [4.69, 9.17) is 4.98 Å². The van der Waals surface area contributed by atoms with Gasteiger partial charge in [0.15, 0.2) is 5.82 Å². The average molecular weight is 728 g/mol. The molecule has 5 aromatic rings. The van der Waals surface area contributed by atoms with Crippen LogP contribution >= 0.6 is 11.3 Å². The van der Waals surface area contributed by atoms with Crippen LogP contribution in [0.1, 0.15) is 24.8 Å². The zero-order chi connectivity index (χ0) is 35.6. The van der Waals surface area contributed by atoms with Gasteiger partial charge in [-0.25, -0.2) is 41.1 Å². The SMILES string of the molecule is C=S(=O)(Nc1cccc(-c2nc(C(C)C)sc2-c2ccnc(Nc3ccc(N4CCN(CCF)CC4)c(F)c3)n2)c1F)c1c(F)cccc1F. The molecule has 2 aromatic heterocycles. The molecule has 0 radical (unpaired) electrons. The first-order valence-corrected chi connectivity index (χ1v) is 18.3. The Bertz CT molecular complexity index is 2100. The van der Waals surface area contributed by atoms with E-state index in [0.717, 1.165) is 18.2 Å². The molecule has 1 fully saturated rings. The Morgan fingerprint density at radius 1 is 0.940 bits per heavy atom. The van der Waals surface area contributed by atoms with E-state index >= 15 is 8.78 Å². The lowest BCUT2D eigenvalue weighted by Crippen LogP contribution is -2.47. The van der Waals surface area contributed by atoms with Crippen molar-refractivity contribution in [3.63, 3.8) is 0 Å². The first kappa shape index (κ1) is 35.2. The van der Waals surface area contributed by atoms with E-state index in [1.54, 1.807) is 18.2 Å². The van der Waals surface area contributed by atoms with E-state index in [1.165, 1.54) is 41.8 Å². The standard InChI is InChI=1S/C35H34F5N7OS2/c1-21(2)34-44-31(23-6-4-9-27(30(23)40)45-50(3,48)33-24(37)7-5-8-25(33)38)32(49-34)28-12-14-41-35(43-28)42-22-10-11-29(26(39)20-22)47-18-16-46(15-13-36)17-19-47/h4-12,14,20-21H,3,13,15-19H2,1-2H3,(H,45,48)(H,41,42,43). The van der Waals surface area contributed by atoms with Crippen molar-refractivity contribution in [1.29, 1.82) is 0 Å².